The van der Waals surface area contributed by atoms with Crippen LogP contribution >= 0.6 is 0 Å². The highest BCUT2D eigenvalue weighted by atomic mass is 16.5. The van der Waals surface area contributed by atoms with E-state index in [4.69, 9.17) is 10.5 Å². The number of hydrogen-bond acceptors (Lipinski definition) is 4. The topological polar surface area (TPSA) is 60.2 Å². The molecule has 1 atom stereocenters. The molecule has 1 unspecified atom stereocenters. The number of hydrogen-bond donors (Lipinski definition) is 2. The molecule has 4 nitrogen and oxygen atoms in total. The SMILES string of the molecule is CCOCC(Nc1cccc(N)n1)C(C)C. The molecular weight excluding hydrogens is 202 g/mol. The molecule has 90 valence electrons. The minimum Gasteiger partial charge on any atom is -0.384 e. The van der Waals surface area contributed by atoms with Crippen molar-refractivity contribution in [1.29, 1.82) is 0 Å². The second kappa shape index (κ2) is 6.33. The Labute approximate surface area is 97.2 Å². The fourth-order valence-corrected chi connectivity index (χ4v) is 1.37. The van der Waals surface area contributed by atoms with Gasteiger partial charge in [-0.1, -0.05) is 19.9 Å². The van der Waals surface area contributed by atoms with E-state index in [0.29, 0.717) is 18.3 Å². The van der Waals surface area contributed by atoms with Crippen molar-refractivity contribution in [2.24, 2.45) is 5.92 Å². The number of nitrogens with one attached hydrogen (secondary N) is 1. The Morgan fingerprint density at radius 2 is 2.19 bits per heavy atom. The monoisotopic (exact) mass is 223 g/mol. The number of nitrogens with two attached hydrogens (primary N) is 1. The quantitative estimate of drug-likeness (QED) is 0.775. The van der Waals surface area contributed by atoms with Gasteiger partial charge in [-0.3, -0.25) is 0 Å². The van der Waals surface area contributed by atoms with Crippen LogP contribution in [-0.4, -0.2) is 24.2 Å². The zero-order valence-electron chi connectivity index (χ0n) is 10.2. The van der Waals surface area contributed by atoms with Crippen LogP contribution in [0.5, 0.6) is 0 Å². The normalized spacial score (nSPS) is 12.8. The number of ether oxygens (including phenoxy) is 1. The number of nitrogens with zero attached hydrogens (tertiary/aromatic N) is 1. The summed E-state index contributed by atoms with van der Waals surface area (Å²) < 4.78 is 5.44. The predicted molar refractivity (Wildman–Crippen MR) is 67.4 cm³/mol. The maximum atomic E-state index is 5.63. The van der Waals surface area contributed by atoms with Gasteiger partial charge >= 0.3 is 0 Å². The van der Waals surface area contributed by atoms with Crippen LogP contribution < -0.4 is 11.1 Å². The Balaban J connectivity index is 2.60. The highest BCUT2D eigenvalue weighted by Gasteiger charge is 2.13. The molecular formula is C12H21N3O. The van der Waals surface area contributed by atoms with Crippen molar-refractivity contribution < 1.29 is 4.74 Å². The average molecular weight is 223 g/mol. The third-order valence-electron chi connectivity index (χ3n) is 2.41. The summed E-state index contributed by atoms with van der Waals surface area (Å²) in [7, 11) is 0. The summed E-state index contributed by atoms with van der Waals surface area (Å²) in [6.07, 6.45) is 0. The van der Waals surface area contributed by atoms with Crippen LogP contribution in [0.25, 0.3) is 0 Å². The van der Waals surface area contributed by atoms with Crippen molar-refractivity contribution in [3.8, 4) is 0 Å². The van der Waals surface area contributed by atoms with Crippen LogP contribution in [0.15, 0.2) is 18.2 Å². The summed E-state index contributed by atoms with van der Waals surface area (Å²) in [5.74, 6) is 1.82. The molecule has 0 spiro atoms. The molecule has 1 rings (SSSR count). The molecule has 0 saturated heterocycles. The maximum absolute atomic E-state index is 5.63. The largest absolute Gasteiger partial charge is 0.384 e. The molecule has 0 fully saturated rings. The molecule has 1 heterocycles. The van der Waals surface area contributed by atoms with E-state index in [0.717, 1.165) is 12.4 Å². The summed E-state index contributed by atoms with van der Waals surface area (Å²) in [6.45, 7) is 7.72. The zero-order chi connectivity index (χ0) is 12.0. The summed E-state index contributed by atoms with van der Waals surface area (Å²) in [6, 6.07) is 5.84. The van der Waals surface area contributed by atoms with Gasteiger partial charge in [0.1, 0.15) is 11.6 Å². The zero-order valence-corrected chi connectivity index (χ0v) is 10.2. The lowest BCUT2D eigenvalue weighted by Gasteiger charge is -2.22. The van der Waals surface area contributed by atoms with Gasteiger partial charge in [0, 0.05) is 6.61 Å². The molecule has 0 amide bonds. The van der Waals surface area contributed by atoms with Crippen LogP contribution in [0, 0.1) is 5.92 Å². The Morgan fingerprint density at radius 3 is 2.75 bits per heavy atom. The molecule has 0 aliphatic rings. The lowest BCUT2D eigenvalue weighted by molar-refractivity contribution is 0.126. The number of rotatable bonds is 6. The molecule has 3 N–H and O–H groups in total. The smallest absolute Gasteiger partial charge is 0.128 e. The van der Waals surface area contributed by atoms with Crippen molar-refractivity contribution in [1.82, 2.24) is 4.98 Å². The molecule has 0 aliphatic heterocycles. The Kier molecular flexibility index (Phi) is 5.05. The van der Waals surface area contributed by atoms with Crippen molar-refractivity contribution in [2.45, 2.75) is 26.8 Å². The van der Waals surface area contributed by atoms with Crippen LogP contribution in [0.4, 0.5) is 11.6 Å². The molecule has 1 aromatic rings. The van der Waals surface area contributed by atoms with E-state index in [1.807, 2.05) is 19.1 Å². The second-order valence-electron chi connectivity index (χ2n) is 4.10. The van der Waals surface area contributed by atoms with Gasteiger partial charge in [-0.15, -0.1) is 0 Å². The number of pyridine rings is 1. The summed E-state index contributed by atoms with van der Waals surface area (Å²) in [4.78, 5) is 4.21. The van der Waals surface area contributed by atoms with Crippen LogP contribution in [0.1, 0.15) is 20.8 Å². The summed E-state index contributed by atoms with van der Waals surface area (Å²) >= 11 is 0. The molecule has 4 heteroatoms. The maximum Gasteiger partial charge on any atom is 0.128 e. The molecule has 0 radical (unpaired) electrons. The molecule has 16 heavy (non-hydrogen) atoms. The van der Waals surface area contributed by atoms with Crippen molar-refractivity contribution in [3.05, 3.63) is 18.2 Å². The Morgan fingerprint density at radius 1 is 1.44 bits per heavy atom. The molecule has 0 saturated carbocycles. The molecule has 0 aliphatic carbocycles. The number of aromatic nitrogens is 1. The van der Waals surface area contributed by atoms with Gasteiger partial charge in [-0.05, 0) is 25.0 Å². The van der Waals surface area contributed by atoms with Gasteiger partial charge in [-0.2, -0.15) is 0 Å². The van der Waals surface area contributed by atoms with Crippen molar-refractivity contribution in [3.63, 3.8) is 0 Å². The summed E-state index contributed by atoms with van der Waals surface area (Å²) in [5, 5.41) is 3.34. The average Bonchev–Trinajstić information content (AvgIpc) is 2.24. The lowest BCUT2D eigenvalue weighted by atomic mass is 10.1. The third kappa shape index (κ3) is 4.06. The van der Waals surface area contributed by atoms with Gasteiger partial charge in [-0.25, -0.2) is 4.98 Å². The highest BCUT2D eigenvalue weighted by molar-refractivity contribution is 5.42. The van der Waals surface area contributed by atoms with E-state index < -0.39 is 0 Å². The predicted octanol–water partition coefficient (Wildman–Crippen LogP) is 2.14. The number of anilines is 2. The van der Waals surface area contributed by atoms with Crippen LogP contribution in [0.2, 0.25) is 0 Å². The van der Waals surface area contributed by atoms with Crippen molar-refractivity contribution in [2.75, 3.05) is 24.3 Å². The van der Waals surface area contributed by atoms with Crippen LogP contribution in [-0.2, 0) is 4.74 Å². The van der Waals surface area contributed by atoms with E-state index >= 15 is 0 Å². The second-order valence-corrected chi connectivity index (χ2v) is 4.10. The highest BCUT2D eigenvalue weighted by Crippen LogP contribution is 2.12. The van der Waals surface area contributed by atoms with Gasteiger partial charge in [0.25, 0.3) is 0 Å². The Hall–Kier alpha value is -1.29. The summed E-state index contributed by atoms with van der Waals surface area (Å²) in [5.41, 5.74) is 5.63. The minimum atomic E-state index is 0.259. The Bertz CT molecular complexity index is 315. The van der Waals surface area contributed by atoms with Gasteiger partial charge in [0.15, 0.2) is 0 Å². The van der Waals surface area contributed by atoms with E-state index in [2.05, 4.69) is 24.1 Å². The molecule has 0 bridgehead atoms. The fourth-order valence-electron chi connectivity index (χ4n) is 1.37. The number of nitrogen functional groups attached to an aromatic ring is 1. The van der Waals surface area contributed by atoms with E-state index in [1.165, 1.54) is 0 Å². The first-order valence-corrected chi connectivity index (χ1v) is 5.70. The standard InChI is InChI=1S/C12H21N3O/c1-4-16-8-10(9(2)3)14-12-7-5-6-11(13)15-12/h5-7,9-10H,4,8H2,1-3H3,(H3,13,14,15). The lowest BCUT2D eigenvalue weighted by Crippen LogP contribution is -2.31. The fraction of sp³-hybridized carbons (Fsp3) is 0.583. The molecule has 0 aromatic carbocycles. The van der Waals surface area contributed by atoms with Crippen LogP contribution in [0.3, 0.4) is 0 Å². The first kappa shape index (κ1) is 12.8. The van der Waals surface area contributed by atoms with E-state index in [1.54, 1.807) is 6.07 Å². The minimum absolute atomic E-state index is 0.259. The van der Waals surface area contributed by atoms with E-state index in [-0.39, 0.29) is 6.04 Å². The van der Waals surface area contributed by atoms with Crippen molar-refractivity contribution >= 4 is 11.6 Å². The first-order chi connectivity index (χ1) is 7.63. The van der Waals surface area contributed by atoms with E-state index in [9.17, 15) is 0 Å². The molecule has 1 aromatic heterocycles. The third-order valence-corrected chi connectivity index (χ3v) is 2.41. The van der Waals surface area contributed by atoms with Gasteiger partial charge < -0.3 is 15.8 Å². The van der Waals surface area contributed by atoms with Gasteiger partial charge in [0.05, 0.1) is 12.6 Å². The van der Waals surface area contributed by atoms with Gasteiger partial charge in [0.2, 0.25) is 0 Å². The first-order valence-electron chi connectivity index (χ1n) is 5.70.